The lowest BCUT2D eigenvalue weighted by atomic mass is 9.72. The van der Waals surface area contributed by atoms with E-state index in [0.29, 0.717) is 28.6 Å². The maximum Gasteiger partial charge on any atom is 0.266 e. The van der Waals surface area contributed by atoms with Crippen molar-refractivity contribution in [2.45, 2.75) is 59.3 Å². The third-order valence-electron chi connectivity index (χ3n) is 9.59. The van der Waals surface area contributed by atoms with Crippen molar-refractivity contribution >= 4 is 44.8 Å². The van der Waals surface area contributed by atoms with Gasteiger partial charge in [0.1, 0.15) is 0 Å². The van der Waals surface area contributed by atoms with Gasteiger partial charge < -0.3 is 10.6 Å². The molecule has 0 spiro atoms. The zero-order valence-corrected chi connectivity index (χ0v) is 30.6. The summed E-state index contributed by atoms with van der Waals surface area (Å²) in [4.78, 5) is 26.5. The number of anilines is 1. The van der Waals surface area contributed by atoms with E-state index in [0.717, 1.165) is 47.1 Å². The molecule has 7 nitrogen and oxygen atoms in total. The van der Waals surface area contributed by atoms with Crippen molar-refractivity contribution < 1.29 is 22.6 Å². The molecule has 0 unspecified atom stereocenters. The summed E-state index contributed by atoms with van der Waals surface area (Å²) < 4.78 is 30.9. The molecule has 5 rings (SSSR count). The van der Waals surface area contributed by atoms with E-state index in [9.17, 15) is 18.0 Å². The Bertz CT molecular complexity index is 1960. The van der Waals surface area contributed by atoms with Crippen molar-refractivity contribution in [3.8, 4) is 11.1 Å². The first-order chi connectivity index (χ1) is 23.7. The summed E-state index contributed by atoms with van der Waals surface area (Å²) >= 11 is 6.15. The summed E-state index contributed by atoms with van der Waals surface area (Å²) in [6.45, 7) is 8.74. The minimum absolute atomic E-state index is 0.148. The van der Waals surface area contributed by atoms with Gasteiger partial charge in [-0.2, -0.15) is 8.42 Å². The fourth-order valence-electron chi connectivity index (χ4n) is 6.51. The predicted octanol–water partition coefficient (Wildman–Crippen LogP) is 9.13. The van der Waals surface area contributed by atoms with E-state index in [1.54, 1.807) is 24.3 Å². The molecular weight excluding hydrogens is 668 g/mol. The molecule has 9 heteroatoms. The van der Waals surface area contributed by atoms with Crippen LogP contribution in [-0.4, -0.2) is 37.1 Å². The van der Waals surface area contributed by atoms with Crippen LogP contribution in [0.15, 0.2) is 97.1 Å². The van der Waals surface area contributed by atoms with E-state index >= 15 is 0 Å². The minimum Gasteiger partial charge on any atom is -0.351 e. The van der Waals surface area contributed by atoms with Gasteiger partial charge in [-0.15, -0.1) is 0 Å². The Morgan fingerprint density at radius 1 is 0.920 bits per heavy atom. The first-order valence-electron chi connectivity index (χ1n) is 17.0. The molecule has 0 aliphatic heterocycles. The van der Waals surface area contributed by atoms with Crippen LogP contribution >= 0.6 is 11.6 Å². The number of allylic oxidation sites excluding steroid dienone is 2. The molecule has 4 aromatic rings. The summed E-state index contributed by atoms with van der Waals surface area (Å²) in [7, 11) is -4.17. The highest BCUT2D eigenvalue weighted by molar-refractivity contribution is 7.85. The molecule has 0 fully saturated rings. The second kappa shape index (κ2) is 15.8. The lowest BCUT2D eigenvalue weighted by Crippen LogP contribution is -2.28. The number of aryl methyl sites for hydroxylation is 1. The van der Waals surface area contributed by atoms with Crippen molar-refractivity contribution in [2.24, 2.45) is 11.3 Å². The zero-order valence-electron chi connectivity index (χ0n) is 29.0. The Morgan fingerprint density at radius 3 is 2.16 bits per heavy atom. The third kappa shape index (κ3) is 9.93. The highest BCUT2D eigenvalue weighted by Gasteiger charge is 2.27. The van der Waals surface area contributed by atoms with Crippen molar-refractivity contribution in [2.75, 3.05) is 17.6 Å². The Morgan fingerprint density at radius 2 is 1.58 bits per heavy atom. The molecular formula is C41H45ClN2O5S. The van der Waals surface area contributed by atoms with Gasteiger partial charge in [0.25, 0.3) is 16.0 Å². The van der Waals surface area contributed by atoms with Crippen molar-refractivity contribution in [1.29, 1.82) is 0 Å². The number of halogens is 1. The van der Waals surface area contributed by atoms with Crippen LogP contribution in [0.5, 0.6) is 0 Å². The van der Waals surface area contributed by atoms with Gasteiger partial charge >= 0.3 is 0 Å². The second-order valence-corrected chi connectivity index (χ2v) is 16.2. The monoisotopic (exact) mass is 712 g/mol. The molecule has 0 aromatic heterocycles. The van der Waals surface area contributed by atoms with Crippen molar-refractivity contribution in [3.63, 3.8) is 0 Å². The van der Waals surface area contributed by atoms with E-state index in [1.807, 2.05) is 61.5 Å². The summed E-state index contributed by atoms with van der Waals surface area (Å²) in [6.07, 6.45) is 6.03. The predicted molar refractivity (Wildman–Crippen MR) is 203 cm³/mol. The number of hydrogen-bond acceptors (Lipinski definition) is 4. The minimum atomic E-state index is -4.17. The van der Waals surface area contributed by atoms with Gasteiger partial charge in [-0.25, -0.2) is 0 Å². The maximum atomic E-state index is 14.0. The summed E-state index contributed by atoms with van der Waals surface area (Å²) in [5, 5.41) is 6.30. The van der Waals surface area contributed by atoms with Crippen LogP contribution in [0.3, 0.4) is 0 Å². The van der Waals surface area contributed by atoms with Crippen LogP contribution in [0.4, 0.5) is 5.69 Å². The molecule has 0 bridgehead atoms. The molecule has 0 radical (unpaired) electrons. The van der Waals surface area contributed by atoms with Crippen LogP contribution in [-0.2, 0) is 21.3 Å². The molecule has 4 aromatic carbocycles. The molecule has 1 aliphatic carbocycles. The summed E-state index contributed by atoms with van der Waals surface area (Å²) in [5.41, 5.74) is 8.75. The molecule has 0 saturated heterocycles. The topological polar surface area (TPSA) is 113 Å². The molecule has 0 heterocycles. The highest BCUT2D eigenvalue weighted by atomic mass is 35.5. The molecule has 3 N–H and O–H groups in total. The number of nitrogens with one attached hydrogen (secondary N) is 2. The number of hydrogen-bond donors (Lipinski definition) is 3. The fraction of sp³-hybridized carbons (Fsp3) is 0.317. The van der Waals surface area contributed by atoms with E-state index < -0.39 is 27.7 Å². The van der Waals surface area contributed by atoms with E-state index in [-0.39, 0.29) is 17.9 Å². The Balaban J connectivity index is 1.35. The maximum absolute atomic E-state index is 14.0. The summed E-state index contributed by atoms with van der Waals surface area (Å²) in [6, 6.07) is 28.8. The zero-order chi connectivity index (χ0) is 36.1. The number of benzene rings is 4. The van der Waals surface area contributed by atoms with Crippen molar-refractivity contribution in [3.05, 3.63) is 130 Å². The first-order valence-corrected chi connectivity index (χ1v) is 18.9. The van der Waals surface area contributed by atoms with Crippen molar-refractivity contribution in [1.82, 2.24) is 5.32 Å². The lowest BCUT2D eigenvalue weighted by molar-refractivity contribution is -0.117. The third-order valence-corrected chi connectivity index (χ3v) is 10.5. The second-order valence-electron chi connectivity index (χ2n) is 14.2. The van der Waals surface area contributed by atoms with Crippen LogP contribution in [0.1, 0.15) is 78.6 Å². The number of amides is 2. The first kappa shape index (κ1) is 37.0. The average Bonchev–Trinajstić information content (AvgIpc) is 3.07. The fourth-order valence-corrected chi connectivity index (χ4v) is 7.10. The largest absolute Gasteiger partial charge is 0.351 e. The average molecular weight is 713 g/mol. The molecule has 262 valence electrons. The SMILES string of the molecule is Cc1cc(Cl)ccc1-c1ccc(NC(=O)[C@@H](Cc2ccc(C(=O)NCCS(=O)(=O)O)cc2)c2ccc(C3=CC[C@@H](C(C)(C)C)CC3)cc2)cc1. The van der Waals surface area contributed by atoms with Gasteiger partial charge in [0.15, 0.2) is 0 Å². The van der Waals surface area contributed by atoms with E-state index in [1.165, 1.54) is 11.1 Å². The quantitative estimate of drug-likeness (QED) is 0.134. The number of carbonyl (C=O) groups excluding carboxylic acids is 2. The van der Waals surface area contributed by atoms with Gasteiger partial charge in [-0.05, 0) is 119 Å². The molecule has 50 heavy (non-hydrogen) atoms. The molecule has 0 saturated carbocycles. The Hall–Kier alpha value is -4.24. The Kier molecular flexibility index (Phi) is 11.7. The van der Waals surface area contributed by atoms with Gasteiger partial charge in [-0.1, -0.05) is 93.0 Å². The molecule has 2 atom stereocenters. The van der Waals surface area contributed by atoms with Crippen LogP contribution < -0.4 is 10.6 Å². The van der Waals surface area contributed by atoms with E-state index in [4.69, 9.17) is 16.2 Å². The number of rotatable bonds is 11. The van der Waals surface area contributed by atoms with Crippen LogP contribution in [0.25, 0.3) is 16.7 Å². The summed E-state index contributed by atoms with van der Waals surface area (Å²) in [5.74, 6) is -1.01. The van der Waals surface area contributed by atoms with Gasteiger partial charge in [0.2, 0.25) is 5.91 Å². The van der Waals surface area contributed by atoms with Gasteiger partial charge in [-0.3, -0.25) is 14.1 Å². The van der Waals surface area contributed by atoms with Gasteiger partial charge in [0.05, 0.1) is 11.7 Å². The molecule has 1 aliphatic rings. The highest BCUT2D eigenvalue weighted by Crippen LogP contribution is 2.40. The van der Waals surface area contributed by atoms with Crippen LogP contribution in [0.2, 0.25) is 5.02 Å². The molecule has 2 amide bonds. The van der Waals surface area contributed by atoms with Gasteiger partial charge in [0, 0.05) is 22.8 Å². The standard InChI is InChI=1S/C41H45ClN2O5S/c1-27-25-35(42)19-22-37(27)31-15-20-36(21-16-31)44-40(46)38(26-28-5-7-33(8-6-28)39(45)43-23-24-50(47,48)49)32-11-9-29(10-12-32)30-13-17-34(18-14-30)41(2,3)4/h5-13,15-16,19-22,25,34,38H,14,17-18,23-24,26H2,1-4H3,(H,43,45)(H,44,46)(H,47,48,49)/t34-,38+/m1/s1. The van der Waals surface area contributed by atoms with E-state index in [2.05, 4.69) is 49.6 Å². The number of carbonyl (C=O) groups is 2. The smallest absolute Gasteiger partial charge is 0.266 e. The lowest BCUT2D eigenvalue weighted by Gasteiger charge is -2.33. The Labute approximate surface area is 300 Å². The normalized spacial score (nSPS) is 15.6. The van der Waals surface area contributed by atoms with Crippen LogP contribution in [0, 0.1) is 18.3 Å².